The second kappa shape index (κ2) is 8.91. The first kappa shape index (κ1) is 19.3. The van der Waals surface area contributed by atoms with Crippen LogP contribution in [0, 0.1) is 16.0 Å². The minimum atomic E-state index is -0.488. The van der Waals surface area contributed by atoms with Crippen LogP contribution in [-0.4, -0.2) is 22.5 Å². The van der Waals surface area contributed by atoms with Crippen LogP contribution < -0.4 is 15.4 Å². The molecule has 0 heterocycles. The van der Waals surface area contributed by atoms with Crippen molar-refractivity contribution in [3.8, 4) is 5.75 Å². The van der Waals surface area contributed by atoms with Crippen molar-refractivity contribution < 1.29 is 14.5 Å². The van der Waals surface area contributed by atoms with Gasteiger partial charge in [0.15, 0.2) is 5.11 Å². The highest BCUT2D eigenvalue weighted by atomic mass is 32.1. The highest BCUT2D eigenvalue weighted by Gasteiger charge is 2.10. The van der Waals surface area contributed by atoms with Gasteiger partial charge in [0.1, 0.15) is 5.75 Å². The van der Waals surface area contributed by atoms with Crippen molar-refractivity contribution in [1.82, 2.24) is 5.32 Å². The van der Waals surface area contributed by atoms with E-state index in [1.807, 2.05) is 13.8 Å². The molecule has 0 aliphatic heterocycles. The van der Waals surface area contributed by atoms with Gasteiger partial charge in [-0.2, -0.15) is 0 Å². The van der Waals surface area contributed by atoms with Crippen LogP contribution in [0.1, 0.15) is 24.2 Å². The molecule has 0 aromatic heterocycles. The number of amides is 1. The number of hydrogen-bond donors (Lipinski definition) is 2. The standard InChI is InChI=1S/C18H19N3O4S/c1-12(2)11-25-16-5-3-4-13(10-16)17(22)20-18(26)19-14-6-8-15(9-7-14)21(23)24/h3-10,12H,11H2,1-2H3,(H2,19,20,22,26). The summed E-state index contributed by atoms with van der Waals surface area (Å²) in [6.07, 6.45) is 0. The summed E-state index contributed by atoms with van der Waals surface area (Å²) in [5.41, 5.74) is 0.928. The van der Waals surface area contributed by atoms with Crippen LogP contribution >= 0.6 is 12.2 Å². The summed E-state index contributed by atoms with van der Waals surface area (Å²) < 4.78 is 5.61. The van der Waals surface area contributed by atoms with Gasteiger partial charge in [-0.1, -0.05) is 19.9 Å². The Morgan fingerprint density at radius 2 is 1.92 bits per heavy atom. The summed E-state index contributed by atoms with van der Waals surface area (Å²) >= 11 is 5.11. The molecule has 2 rings (SSSR count). The van der Waals surface area contributed by atoms with E-state index in [-0.39, 0.29) is 16.7 Å². The molecule has 2 N–H and O–H groups in total. The van der Waals surface area contributed by atoms with Gasteiger partial charge in [0.2, 0.25) is 0 Å². The van der Waals surface area contributed by atoms with E-state index in [9.17, 15) is 14.9 Å². The number of rotatable bonds is 6. The maximum absolute atomic E-state index is 12.3. The molecule has 2 aromatic carbocycles. The van der Waals surface area contributed by atoms with Crippen molar-refractivity contribution >= 4 is 34.6 Å². The van der Waals surface area contributed by atoms with Gasteiger partial charge in [-0.3, -0.25) is 20.2 Å². The molecule has 0 bridgehead atoms. The number of nitrogens with one attached hydrogen (secondary N) is 2. The number of non-ortho nitro benzene ring substituents is 1. The van der Waals surface area contributed by atoms with E-state index < -0.39 is 4.92 Å². The Morgan fingerprint density at radius 3 is 2.54 bits per heavy atom. The van der Waals surface area contributed by atoms with Gasteiger partial charge in [0.25, 0.3) is 11.6 Å². The Balaban J connectivity index is 1.95. The third-order valence-electron chi connectivity index (χ3n) is 3.24. The fourth-order valence-corrected chi connectivity index (χ4v) is 2.20. The first-order chi connectivity index (χ1) is 12.3. The number of thiocarbonyl (C=S) groups is 1. The molecule has 7 nitrogen and oxygen atoms in total. The molecule has 0 unspecified atom stereocenters. The first-order valence-corrected chi connectivity index (χ1v) is 8.35. The van der Waals surface area contributed by atoms with Gasteiger partial charge in [-0.15, -0.1) is 0 Å². The largest absolute Gasteiger partial charge is 0.493 e. The third-order valence-corrected chi connectivity index (χ3v) is 3.45. The lowest BCUT2D eigenvalue weighted by molar-refractivity contribution is -0.384. The maximum Gasteiger partial charge on any atom is 0.269 e. The van der Waals surface area contributed by atoms with E-state index in [4.69, 9.17) is 17.0 Å². The molecular weight excluding hydrogens is 354 g/mol. The van der Waals surface area contributed by atoms with Crippen LogP contribution in [0.4, 0.5) is 11.4 Å². The summed E-state index contributed by atoms with van der Waals surface area (Å²) in [5.74, 6) is 0.617. The summed E-state index contributed by atoms with van der Waals surface area (Å²) in [7, 11) is 0. The molecule has 0 saturated heterocycles. The van der Waals surface area contributed by atoms with Gasteiger partial charge in [-0.25, -0.2) is 0 Å². The average Bonchev–Trinajstić information content (AvgIpc) is 2.60. The SMILES string of the molecule is CC(C)COc1cccc(C(=O)NC(=S)Nc2ccc([N+](=O)[O-])cc2)c1. The second-order valence-corrected chi connectivity index (χ2v) is 6.35. The topological polar surface area (TPSA) is 93.5 Å². The third kappa shape index (κ3) is 5.82. The molecule has 0 spiro atoms. The Bertz CT molecular complexity index is 806. The molecular formula is C18H19N3O4S. The van der Waals surface area contributed by atoms with Crippen LogP contribution in [0.25, 0.3) is 0 Å². The van der Waals surface area contributed by atoms with Crippen molar-refractivity contribution in [1.29, 1.82) is 0 Å². The zero-order valence-electron chi connectivity index (χ0n) is 14.4. The number of anilines is 1. The number of nitro benzene ring substituents is 1. The minimum absolute atomic E-state index is 0.0243. The lowest BCUT2D eigenvalue weighted by Gasteiger charge is -2.11. The Labute approximate surface area is 156 Å². The predicted molar refractivity (Wildman–Crippen MR) is 104 cm³/mol. The molecule has 0 aliphatic carbocycles. The molecule has 0 radical (unpaired) electrons. The van der Waals surface area contributed by atoms with Crippen molar-refractivity contribution in [2.45, 2.75) is 13.8 Å². The van der Waals surface area contributed by atoms with Crippen LogP contribution in [-0.2, 0) is 0 Å². The number of benzene rings is 2. The van der Waals surface area contributed by atoms with Gasteiger partial charge in [0, 0.05) is 23.4 Å². The molecule has 1 amide bonds. The Hall–Kier alpha value is -3.00. The van der Waals surface area contributed by atoms with Crippen molar-refractivity contribution in [2.75, 3.05) is 11.9 Å². The summed E-state index contributed by atoms with van der Waals surface area (Å²) in [6, 6.07) is 12.5. The van der Waals surface area contributed by atoms with Crippen LogP contribution in [0.5, 0.6) is 5.75 Å². The smallest absolute Gasteiger partial charge is 0.269 e. The van der Waals surface area contributed by atoms with Gasteiger partial charge in [0.05, 0.1) is 11.5 Å². The summed E-state index contributed by atoms with van der Waals surface area (Å²) in [5, 5.41) is 16.1. The van der Waals surface area contributed by atoms with E-state index in [0.717, 1.165) is 0 Å². The number of nitro groups is 1. The quantitative estimate of drug-likeness (QED) is 0.455. The molecule has 2 aromatic rings. The molecule has 0 aliphatic rings. The number of ether oxygens (including phenoxy) is 1. The Morgan fingerprint density at radius 1 is 1.23 bits per heavy atom. The van der Waals surface area contributed by atoms with Gasteiger partial charge >= 0.3 is 0 Å². The van der Waals surface area contributed by atoms with Crippen molar-refractivity contribution in [2.24, 2.45) is 5.92 Å². The van der Waals surface area contributed by atoms with Crippen LogP contribution in [0.15, 0.2) is 48.5 Å². The highest BCUT2D eigenvalue weighted by Crippen LogP contribution is 2.16. The van der Waals surface area contributed by atoms with Gasteiger partial charge < -0.3 is 10.1 Å². The molecule has 8 heteroatoms. The molecule has 136 valence electrons. The van der Waals surface area contributed by atoms with Crippen molar-refractivity contribution in [3.63, 3.8) is 0 Å². The van der Waals surface area contributed by atoms with E-state index in [2.05, 4.69) is 10.6 Å². The summed E-state index contributed by atoms with van der Waals surface area (Å²) in [4.78, 5) is 22.4. The highest BCUT2D eigenvalue weighted by molar-refractivity contribution is 7.80. The monoisotopic (exact) mass is 373 g/mol. The molecule has 26 heavy (non-hydrogen) atoms. The fraction of sp³-hybridized carbons (Fsp3) is 0.222. The lowest BCUT2D eigenvalue weighted by Crippen LogP contribution is -2.34. The maximum atomic E-state index is 12.3. The first-order valence-electron chi connectivity index (χ1n) is 7.95. The molecule has 0 fully saturated rings. The van der Waals surface area contributed by atoms with E-state index in [0.29, 0.717) is 29.5 Å². The zero-order chi connectivity index (χ0) is 19.1. The van der Waals surface area contributed by atoms with E-state index in [1.165, 1.54) is 24.3 Å². The van der Waals surface area contributed by atoms with Crippen LogP contribution in [0.2, 0.25) is 0 Å². The normalized spacial score (nSPS) is 10.3. The minimum Gasteiger partial charge on any atom is -0.493 e. The average molecular weight is 373 g/mol. The Kier molecular flexibility index (Phi) is 6.62. The van der Waals surface area contributed by atoms with Crippen molar-refractivity contribution in [3.05, 3.63) is 64.2 Å². The van der Waals surface area contributed by atoms with E-state index >= 15 is 0 Å². The number of hydrogen-bond acceptors (Lipinski definition) is 5. The zero-order valence-corrected chi connectivity index (χ0v) is 15.2. The molecule has 0 saturated carbocycles. The van der Waals surface area contributed by atoms with Gasteiger partial charge in [-0.05, 0) is 48.5 Å². The predicted octanol–water partition coefficient (Wildman–Crippen LogP) is 3.76. The van der Waals surface area contributed by atoms with Crippen LogP contribution in [0.3, 0.4) is 0 Å². The number of nitrogens with zero attached hydrogens (tertiary/aromatic N) is 1. The number of carbonyl (C=O) groups is 1. The molecule has 0 atom stereocenters. The lowest BCUT2D eigenvalue weighted by atomic mass is 10.2. The number of carbonyl (C=O) groups excluding carboxylic acids is 1. The summed E-state index contributed by atoms with van der Waals surface area (Å²) in [6.45, 7) is 4.64. The fourth-order valence-electron chi connectivity index (χ4n) is 1.99. The van der Waals surface area contributed by atoms with E-state index in [1.54, 1.807) is 24.3 Å². The second-order valence-electron chi connectivity index (χ2n) is 5.94.